The Balaban J connectivity index is 1.68. The normalized spacial score (nSPS) is 11.5. The van der Waals surface area contributed by atoms with E-state index < -0.39 is 0 Å². The highest BCUT2D eigenvalue weighted by molar-refractivity contribution is 5.75. The van der Waals surface area contributed by atoms with Crippen LogP contribution < -0.4 is 4.74 Å². The van der Waals surface area contributed by atoms with Crippen LogP contribution in [0.25, 0.3) is 11.0 Å². The number of hydrogen-bond acceptors (Lipinski definition) is 3. The van der Waals surface area contributed by atoms with Crippen LogP contribution in [-0.4, -0.2) is 34.1 Å². The van der Waals surface area contributed by atoms with Crippen LogP contribution in [0.1, 0.15) is 57.3 Å². The minimum atomic E-state index is 0.495. The van der Waals surface area contributed by atoms with Crippen molar-refractivity contribution in [2.24, 2.45) is 0 Å². The monoisotopic (exact) mass is 407 g/mol. The molecule has 4 heteroatoms. The highest BCUT2D eigenvalue weighted by Crippen LogP contribution is 2.21. The van der Waals surface area contributed by atoms with Crippen LogP contribution in [0.15, 0.2) is 48.5 Å². The molecule has 162 valence electrons. The van der Waals surface area contributed by atoms with Gasteiger partial charge in [0.2, 0.25) is 0 Å². The van der Waals surface area contributed by atoms with Gasteiger partial charge in [-0.15, -0.1) is 0 Å². The summed E-state index contributed by atoms with van der Waals surface area (Å²) in [5, 5.41) is 0. The third kappa shape index (κ3) is 6.09. The van der Waals surface area contributed by atoms with Gasteiger partial charge in [-0.25, -0.2) is 4.98 Å². The number of nitrogens with zero attached hydrogens (tertiary/aromatic N) is 3. The lowest BCUT2D eigenvalue weighted by molar-refractivity contribution is 0.254. The minimum absolute atomic E-state index is 0.495. The van der Waals surface area contributed by atoms with Gasteiger partial charge in [0.25, 0.3) is 0 Å². The number of aryl methyl sites for hydroxylation is 2. The van der Waals surface area contributed by atoms with E-state index in [-0.39, 0.29) is 0 Å². The molecule has 0 spiro atoms. The predicted molar refractivity (Wildman–Crippen MR) is 126 cm³/mol. The second-order valence-electron chi connectivity index (χ2n) is 8.12. The summed E-state index contributed by atoms with van der Waals surface area (Å²) in [6.07, 6.45) is 6.22. The first-order chi connectivity index (χ1) is 14.7. The second-order valence-corrected chi connectivity index (χ2v) is 8.12. The molecule has 0 saturated heterocycles. The summed E-state index contributed by atoms with van der Waals surface area (Å²) < 4.78 is 8.49. The van der Waals surface area contributed by atoms with Crippen molar-refractivity contribution in [2.75, 3.05) is 19.6 Å². The first kappa shape index (κ1) is 22.4. The van der Waals surface area contributed by atoms with E-state index in [1.165, 1.54) is 44.3 Å². The van der Waals surface area contributed by atoms with E-state index in [1.54, 1.807) is 0 Å². The molecular formula is C26H37N3O. The Labute approximate surface area is 181 Å². The maximum Gasteiger partial charge on any atom is 0.147 e. The lowest BCUT2D eigenvalue weighted by atomic mass is 10.2. The van der Waals surface area contributed by atoms with Gasteiger partial charge in [-0.2, -0.15) is 0 Å². The molecule has 0 aliphatic heterocycles. The van der Waals surface area contributed by atoms with Crippen molar-refractivity contribution in [2.45, 2.75) is 66.0 Å². The van der Waals surface area contributed by atoms with Gasteiger partial charge in [0.1, 0.15) is 18.2 Å². The number of aromatic nitrogens is 2. The van der Waals surface area contributed by atoms with Crippen molar-refractivity contribution in [3.63, 3.8) is 0 Å². The van der Waals surface area contributed by atoms with Gasteiger partial charge in [-0.1, -0.05) is 57.0 Å². The third-order valence-corrected chi connectivity index (χ3v) is 5.70. The number of unbranched alkanes of at least 4 members (excludes halogenated alkanes) is 2. The van der Waals surface area contributed by atoms with Crippen molar-refractivity contribution in [1.82, 2.24) is 14.5 Å². The molecule has 2 aromatic carbocycles. The fourth-order valence-electron chi connectivity index (χ4n) is 3.90. The van der Waals surface area contributed by atoms with E-state index in [2.05, 4.69) is 60.6 Å². The van der Waals surface area contributed by atoms with Crippen LogP contribution in [0.3, 0.4) is 0 Å². The van der Waals surface area contributed by atoms with Gasteiger partial charge in [0.15, 0.2) is 0 Å². The molecule has 0 unspecified atom stereocenters. The van der Waals surface area contributed by atoms with Gasteiger partial charge < -0.3 is 14.2 Å². The van der Waals surface area contributed by atoms with Crippen molar-refractivity contribution < 1.29 is 4.74 Å². The minimum Gasteiger partial charge on any atom is -0.485 e. The first-order valence-electron chi connectivity index (χ1n) is 11.6. The van der Waals surface area contributed by atoms with Crippen molar-refractivity contribution in [3.05, 3.63) is 59.9 Å². The number of benzene rings is 2. The number of imidazole rings is 1. The maximum absolute atomic E-state index is 6.13. The van der Waals surface area contributed by atoms with Gasteiger partial charge >= 0.3 is 0 Å². The van der Waals surface area contributed by atoms with Crippen molar-refractivity contribution >= 4 is 11.0 Å². The molecule has 0 aliphatic carbocycles. The van der Waals surface area contributed by atoms with Gasteiger partial charge in [-0.05, 0) is 69.6 Å². The predicted octanol–water partition coefficient (Wildman–Crippen LogP) is 6.22. The average molecular weight is 408 g/mol. The second kappa shape index (κ2) is 11.8. The highest BCUT2D eigenvalue weighted by Gasteiger charge is 2.12. The smallest absolute Gasteiger partial charge is 0.147 e. The largest absolute Gasteiger partial charge is 0.485 e. The molecular weight excluding hydrogens is 370 g/mol. The number of hydrogen-bond donors (Lipinski definition) is 0. The molecule has 0 bridgehead atoms. The topological polar surface area (TPSA) is 30.3 Å². The molecule has 4 nitrogen and oxygen atoms in total. The lowest BCUT2D eigenvalue weighted by Gasteiger charge is -2.22. The van der Waals surface area contributed by atoms with Crippen LogP contribution in [-0.2, 0) is 13.2 Å². The highest BCUT2D eigenvalue weighted by atomic mass is 16.5. The quantitative estimate of drug-likeness (QED) is 0.337. The van der Waals surface area contributed by atoms with Gasteiger partial charge in [-0.3, -0.25) is 0 Å². The Morgan fingerprint density at radius 1 is 0.867 bits per heavy atom. The van der Waals surface area contributed by atoms with E-state index in [0.29, 0.717) is 6.61 Å². The number of ether oxygens (including phenoxy) is 1. The van der Waals surface area contributed by atoms with E-state index in [1.807, 2.05) is 18.2 Å². The Morgan fingerprint density at radius 3 is 2.27 bits per heavy atom. The summed E-state index contributed by atoms with van der Waals surface area (Å²) in [5.41, 5.74) is 3.41. The standard InChI is InChI=1S/C26H37N3O/c1-4-6-17-28(18-7-5-2)19-12-20-29-24-15-10-9-14-23(24)27-26(29)21-30-25-16-11-8-13-22(25)3/h8-11,13-16H,4-7,12,17-21H2,1-3H3. The SMILES string of the molecule is CCCCN(CCCC)CCCn1c(COc2ccccc2C)nc2ccccc21. The molecule has 0 aliphatic rings. The summed E-state index contributed by atoms with van der Waals surface area (Å²) in [5.74, 6) is 1.94. The molecule has 1 heterocycles. The molecule has 3 rings (SSSR count). The van der Waals surface area contributed by atoms with E-state index in [0.717, 1.165) is 42.2 Å². The molecule has 30 heavy (non-hydrogen) atoms. The average Bonchev–Trinajstić information content (AvgIpc) is 3.12. The summed E-state index contributed by atoms with van der Waals surface area (Å²) in [6, 6.07) is 16.6. The Kier molecular flexibility index (Phi) is 8.76. The van der Waals surface area contributed by atoms with Crippen LogP contribution in [0.5, 0.6) is 5.75 Å². The Bertz CT molecular complexity index is 894. The fourth-order valence-corrected chi connectivity index (χ4v) is 3.90. The van der Waals surface area contributed by atoms with Crippen molar-refractivity contribution in [1.29, 1.82) is 0 Å². The molecule has 0 saturated carbocycles. The zero-order valence-electron chi connectivity index (χ0n) is 18.9. The molecule has 0 amide bonds. The van der Waals surface area contributed by atoms with Gasteiger partial charge in [0, 0.05) is 6.54 Å². The summed E-state index contributed by atoms with van der Waals surface area (Å²) in [7, 11) is 0. The van der Waals surface area contributed by atoms with E-state index in [4.69, 9.17) is 9.72 Å². The van der Waals surface area contributed by atoms with Crippen LogP contribution in [0.4, 0.5) is 0 Å². The fraction of sp³-hybridized carbons (Fsp3) is 0.500. The first-order valence-corrected chi connectivity index (χ1v) is 11.6. The molecule has 0 fully saturated rings. The third-order valence-electron chi connectivity index (χ3n) is 5.70. The van der Waals surface area contributed by atoms with Crippen LogP contribution >= 0.6 is 0 Å². The molecule has 3 aromatic rings. The molecule has 0 radical (unpaired) electrons. The van der Waals surface area contributed by atoms with Gasteiger partial charge in [0.05, 0.1) is 11.0 Å². The Hall–Kier alpha value is -2.33. The summed E-state index contributed by atoms with van der Waals surface area (Å²) >= 11 is 0. The Morgan fingerprint density at radius 2 is 1.53 bits per heavy atom. The molecule has 0 atom stereocenters. The maximum atomic E-state index is 6.13. The molecule has 1 aromatic heterocycles. The summed E-state index contributed by atoms with van der Waals surface area (Å²) in [4.78, 5) is 7.51. The zero-order valence-corrected chi connectivity index (χ0v) is 18.9. The number of fused-ring (bicyclic) bond motifs is 1. The van der Waals surface area contributed by atoms with Crippen LogP contribution in [0.2, 0.25) is 0 Å². The molecule has 0 N–H and O–H groups in total. The number of para-hydroxylation sites is 3. The number of rotatable bonds is 13. The van der Waals surface area contributed by atoms with Crippen molar-refractivity contribution in [3.8, 4) is 5.75 Å². The lowest BCUT2D eigenvalue weighted by Crippen LogP contribution is -2.28. The van der Waals surface area contributed by atoms with E-state index in [9.17, 15) is 0 Å². The summed E-state index contributed by atoms with van der Waals surface area (Å²) in [6.45, 7) is 11.7. The zero-order chi connectivity index (χ0) is 21.2. The van der Waals surface area contributed by atoms with E-state index >= 15 is 0 Å². The van der Waals surface area contributed by atoms with Crippen LogP contribution in [0, 0.1) is 6.92 Å².